The van der Waals surface area contributed by atoms with Gasteiger partial charge >= 0.3 is 0 Å². The van der Waals surface area contributed by atoms with E-state index in [9.17, 15) is 4.79 Å². The number of hydrogen-bond acceptors (Lipinski definition) is 10. The Kier molecular flexibility index (Phi) is 8.07. The number of fused-ring (bicyclic) bond motifs is 1. The first-order valence-corrected chi connectivity index (χ1v) is 15.8. The first kappa shape index (κ1) is 29.8. The third kappa shape index (κ3) is 5.66. The molecule has 1 amide bonds. The summed E-state index contributed by atoms with van der Waals surface area (Å²) in [4.78, 5) is 31.4. The minimum atomic E-state index is -0.133. The Morgan fingerprint density at radius 3 is 2.59 bits per heavy atom. The predicted molar refractivity (Wildman–Crippen MR) is 172 cm³/mol. The summed E-state index contributed by atoms with van der Waals surface area (Å²) < 4.78 is 14.2. The highest BCUT2D eigenvalue weighted by molar-refractivity contribution is 5.95. The van der Waals surface area contributed by atoms with E-state index in [4.69, 9.17) is 24.4 Å². The quantitative estimate of drug-likeness (QED) is 0.254. The molecule has 238 valence electrons. The molecule has 1 N–H and O–H groups in total. The highest BCUT2D eigenvalue weighted by Crippen LogP contribution is 2.38. The van der Waals surface area contributed by atoms with Crippen LogP contribution in [0.4, 0.5) is 11.4 Å². The maximum absolute atomic E-state index is 13.1. The molecule has 2 saturated heterocycles. The lowest BCUT2D eigenvalue weighted by atomic mass is 10.1. The fraction of sp³-hybridized carbons (Fsp3) is 0.424. The lowest BCUT2D eigenvalue weighted by Gasteiger charge is -2.25. The number of tetrazole rings is 1. The normalized spacial score (nSPS) is 16.7. The number of nitrogens with zero attached hydrogens (tertiary/aromatic N) is 9. The van der Waals surface area contributed by atoms with Gasteiger partial charge in [-0.05, 0) is 81.5 Å². The Morgan fingerprint density at radius 2 is 1.87 bits per heavy atom. The minimum absolute atomic E-state index is 0.0554. The van der Waals surface area contributed by atoms with Crippen molar-refractivity contribution in [2.24, 2.45) is 7.05 Å². The number of anilines is 2. The van der Waals surface area contributed by atoms with E-state index in [2.05, 4.69) is 25.3 Å². The molecule has 0 saturated carbocycles. The lowest BCUT2D eigenvalue weighted by molar-refractivity contribution is -0.0309. The topological polar surface area (TPSA) is 138 Å². The molecule has 5 aromatic rings. The molecule has 2 fully saturated rings. The van der Waals surface area contributed by atoms with E-state index in [0.29, 0.717) is 35.7 Å². The summed E-state index contributed by atoms with van der Waals surface area (Å²) in [6, 6.07) is 11.6. The van der Waals surface area contributed by atoms with Gasteiger partial charge in [0.05, 0.1) is 48.0 Å². The van der Waals surface area contributed by atoms with Crippen LogP contribution in [0, 0.1) is 13.8 Å². The first-order valence-electron chi connectivity index (χ1n) is 15.8. The maximum atomic E-state index is 13.1. The second kappa shape index (κ2) is 12.5. The number of aromatic nitrogens is 8. The van der Waals surface area contributed by atoms with E-state index in [1.807, 2.05) is 55.1 Å². The standard InChI is InChI=1S/C33H38N10O3/c1-20-24(33(44)42-15-6-7-16-42)14-13-22(34-20)18-23-19-27(29-32(36-23)43(21(2)35-29)28-12-5-8-17-46-28)37-26-11-9-10-25(30(26)45-4)31-38-40-41(3)39-31/h9-11,13-14,19,28H,5-8,12,15-18H2,1-4H3,(H,36,37). The number of rotatable bonds is 8. The Morgan fingerprint density at radius 1 is 1.02 bits per heavy atom. The van der Waals surface area contributed by atoms with Crippen molar-refractivity contribution in [3.8, 4) is 17.1 Å². The number of amides is 1. The van der Waals surface area contributed by atoms with Crippen molar-refractivity contribution in [1.29, 1.82) is 0 Å². The van der Waals surface area contributed by atoms with Crippen molar-refractivity contribution in [2.75, 3.05) is 32.1 Å². The van der Waals surface area contributed by atoms with Crippen LogP contribution in [0.15, 0.2) is 36.4 Å². The zero-order valence-corrected chi connectivity index (χ0v) is 26.7. The molecule has 0 spiro atoms. The second-order valence-electron chi connectivity index (χ2n) is 11.9. The molecule has 0 aliphatic carbocycles. The van der Waals surface area contributed by atoms with E-state index in [1.165, 1.54) is 4.80 Å². The molecule has 0 bridgehead atoms. The Bertz CT molecular complexity index is 1900. The van der Waals surface area contributed by atoms with Gasteiger partial charge in [-0.1, -0.05) is 6.07 Å². The fourth-order valence-corrected chi connectivity index (χ4v) is 6.46. The number of ether oxygens (including phenoxy) is 2. The van der Waals surface area contributed by atoms with Crippen LogP contribution in [0.3, 0.4) is 0 Å². The predicted octanol–water partition coefficient (Wildman–Crippen LogP) is 4.91. The van der Waals surface area contributed by atoms with Gasteiger partial charge in [-0.15, -0.1) is 10.2 Å². The van der Waals surface area contributed by atoms with Crippen molar-refractivity contribution >= 4 is 28.4 Å². The summed E-state index contributed by atoms with van der Waals surface area (Å²) in [5, 5.41) is 16.1. The van der Waals surface area contributed by atoms with Gasteiger partial charge in [-0.25, -0.2) is 9.97 Å². The monoisotopic (exact) mass is 622 g/mol. The lowest BCUT2D eigenvalue weighted by Crippen LogP contribution is -2.28. The molecule has 6 heterocycles. The number of aryl methyl sites for hydroxylation is 3. The zero-order chi connectivity index (χ0) is 31.8. The van der Waals surface area contributed by atoms with Crippen LogP contribution in [0.2, 0.25) is 0 Å². The summed E-state index contributed by atoms with van der Waals surface area (Å²) in [7, 11) is 3.35. The molecule has 7 rings (SSSR count). The molecule has 1 unspecified atom stereocenters. The van der Waals surface area contributed by atoms with E-state index >= 15 is 0 Å². The van der Waals surface area contributed by atoms with Gasteiger partial charge in [0.25, 0.3) is 5.91 Å². The molecule has 1 aromatic carbocycles. The van der Waals surface area contributed by atoms with Gasteiger partial charge in [-0.3, -0.25) is 14.3 Å². The summed E-state index contributed by atoms with van der Waals surface area (Å²) in [6.45, 7) is 6.22. The molecule has 2 aliphatic heterocycles. The number of carbonyl (C=O) groups is 1. The van der Waals surface area contributed by atoms with Crippen LogP contribution in [-0.2, 0) is 18.2 Å². The molecule has 46 heavy (non-hydrogen) atoms. The van der Waals surface area contributed by atoms with Gasteiger partial charge in [0, 0.05) is 31.8 Å². The molecule has 2 aliphatic rings. The maximum Gasteiger partial charge on any atom is 0.255 e. The molecule has 13 nitrogen and oxygen atoms in total. The average Bonchev–Trinajstić information content (AvgIpc) is 3.82. The molecular weight excluding hydrogens is 584 g/mol. The van der Waals surface area contributed by atoms with Gasteiger partial charge in [0.15, 0.2) is 11.4 Å². The minimum Gasteiger partial charge on any atom is -0.494 e. The summed E-state index contributed by atoms with van der Waals surface area (Å²) in [6.07, 6.45) is 5.47. The molecule has 13 heteroatoms. The van der Waals surface area contributed by atoms with Gasteiger partial charge in [-0.2, -0.15) is 4.80 Å². The van der Waals surface area contributed by atoms with Crippen LogP contribution in [0.5, 0.6) is 5.75 Å². The summed E-state index contributed by atoms with van der Waals surface area (Å²) in [5.41, 5.74) is 6.72. The van der Waals surface area contributed by atoms with Crippen molar-refractivity contribution in [2.45, 2.75) is 58.6 Å². The summed E-state index contributed by atoms with van der Waals surface area (Å²) in [5.74, 6) is 1.94. The molecule has 4 aromatic heterocycles. The number of para-hydroxylation sites is 1. The number of nitrogens with one attached hydrogen (secondary N) is 1. The van der Waals surface area contributed by atoms with Crippen molar-refractivity contribution in [3.63, 3.8) is 0 Å². The number of benzene rings is 1. The number of imidazole rings is 1. The van der Waals surface area contributed by atoms with E-state index in [0.717, 1.165) is 90.6 Å². The van der Waals surface area contributed by atoms with Crippen LogP contribution < -0.4 is 10.1 Å². The Hall–Kier alpha value is -4.91. The van der Waals surface area contributed by atoms with Gasteiger partial charge < -0.3 is 19.7 Å². The van der Waals surface area contributed by atoms with Gasteiger partial charge in [0.2, 0.25) is 5.82 Å². The van der Waals surface area contributed by atoms with Crippen LogP contribution in [0.25, 0.3) is 22.6 Å². The first-order chi connectivity index (χ1) is 22.4. The fourth-order valence-electron chi connectivity index (χ4n) is 6.46. The van der Waals surface area contributed by atoms with Crippen molar-refractivity contribution in [3.05, 3.63) is 64.9 Å². The van der Waals surface area contributed by atoms with E-state index in [1.54, 1.807) is 14.2 Å². The largest absolute Gasteiger partial charge is 0.494 e. The number of methoxy groups -OCH3 is 1. The average molecular weight is 623 g/mol. The highest BCUT2D eigenvalue weighted by Gasteiger charge is 2.25. The molecule has 0 radical (unpaired) electrons. The second-order valence-corrected chi connectivity index (χ2v) is 11.9. The zero-order valence-electron chi connectivity index (χ0n) is 26.7. The molecule has 1 atom stereocenters. The van der Waals surface area contributed by atoms with Crippen LogP contribution in [-0.4, -0.2) is 77.3 Å². The SMILES string of the molecule is COc1c(Nc2cc(Cc3ccc(C(=O)N4CCCC4)c(C)n3)nc3c2nc(C)n3C2CCCCO2)cccc1-c1nnn(C)n1. The third-order valence-corrected chi connectivity index (χ3v) is 8.69. The van der Waals surface area contributed by atoms with Crippen molar-refractivity contribution < 1.29 is 14.3 Å². The third-order valence-electron chi connectivity index (χ3n) is 8.69. The van der Waals surface area contributed by atoms with Gasteiger partial charge in [0.1, 0.15) is 17.6 Å². The number of likely N-dealkylation sites (tertiary alicyclic amines) is 1. The Balaban J connectivity index is 1.28. The molecular formula is C33H38N10O3. The van der Waals surface area contributed by atoms with Crippen LogP contribution in [0.1, 0.15) is 71.6 Å². The van der Waals surface area contributed by atoms with E-state index in [-0.39, 0.29) is 12.1 Å². The van der Waals surface area contributed by atoms with E-state index < -0.39 is 0 Å². The Labute approximate surface area is 267 Å². The van der Waals surface area contributed by atoms with Crippen LogP contribution >= 0.6 is 0 Å². The number of hydrogen-bond donors (Lipinski definition) is 1. The summed E-state index contributed by atoms with van der Waals surface area (Å²) >= 11 is 0. The van der Waals surface area contributed by atoms with Crippen molar-refractivity contribution in [1.82, 2.24) is 44.6 Å². The number of carbonyl (C=O) groups excluding carboxylic acids is 1. The smallest absolute Gasteiger partial charge is 0.255 e. The highest BCUT2D eigenvalue weighted by atomic mass is 16.5. The number of pyridine rings is 2.